The van der Waals surface area contributed by atoms with E-state index in [2.05, 4.69) is 0 Å². The SMILES string of the molecule is Oc1cc(O)c2oc3c(O)c4c(O)c(O)c(O)c(O)c4c(O)c3c2c1O. The first kappa shape index (κ1) is 15.4. The highest BCUT2D eigenvalue weighted by molar-refractivity contribution is 6.23. The molecule has 0 aliphatic rings. The molecule has 0 aliphatic heterocycles. The number of hydrogen-bond acceptors (Lipinski definition) is 10. The van der Waals surface area contributed by atoms with Crippen molar-refractivity contribution in [1.82, 2.24) is 0 Å². The van der Waals surface area contributed by atoms with Crippen molar-refractivity contribution in [2.24, 2.45) is 0 Å². The first-order chi connectivity index (χ1) is 12.2. The van der Waals surface area contributed by atoms with Gasteiger partial charge in [-0.1, -0.05) is 0 Å². The van der Waals surface area contributed by atoms with Gasteiger partial charge in [0.25, 0.3) is 0 Å². The summed E-state index contributed by atoms with van der Waals surface area (Å²) in [4.78, 5) is 0. The summed E-state index contributed by atoms with van der Waals surface area (Å²) in [6.45, 7) is 0. The summed E-state index contributed by atoms with van der Waals surface area (Å²) in [7, 11) is 0. The fourth-order valence-electron chi connectivity index (χ4n) is 3.02. The van der Waals surface area contributed by atoms with Gasteiger partial charge in [0.05, 0.1) is 21.5 Å². The van der Waals surface area contributed by atoms with Gasteiger partial charge in [-0.05, 0) is 0 Å². The average Bonchev–Trinajstić information content (AvgIpc) is 3.01. The maximum absolute atomic E-state index is 10.5. The zero-order valence-corrected chi connectivity index (χ0v) is 12.5. The van der Waals surface area contributed by atoms with Crippen molar-refractivity contribution in [3.8, 4) is 51.7 Å². The molecule has 26 heavy (non-hydrogen) atoms. The molecule has 0 bridgehead atoms. The Morgan fingerprint density at radius 3 is 1.50 bits per heavy atom. The Morgan fingerprint density at radius 2 is 0.923 bits per heavy atom. The molecule has 10 heteroatoms. The van der Waals surface area contributed by atoms with Crippen LogP contribution in [0.3, 0.4) is 0 Å². The summed E-state index contributed by atoms with van der Waals surface area (Å²) in [6.07, 6.45) is 0. The van der Waals surface area contributed by atoms with E-state index in [4.69, 9.17) is 4.42 Å². The van der Waals surface area contributed by atoms with Crippen LogP contribution in [-0.4, -0.2) is 46.0 Å². The van der Waals surface area contributed by atoms with Gasteiger partial charge in [0, 0.05) is 6.07 Å². The topological polar surface area (TPSA) is 195 Å². The van der Waals surface area contributed by atoms with Gasteiger partial charge in [-0.3, -0.25) is 0 Å². The molecule has 0 aliphatic carbocycles. The van der Waals surface area contributed by atoms with Crippen LogP contribution in [0.1, 0.15) is 0 Å². The Kier molecular flexibility index (Phi) is 2.68. The van der Waals surface area contributed by atoms with Gasteiger partial charge in [-0.15, -0.1) is 0 Å². The van der Waals surface area contributed by atoms with Crippen LogP contribution in [0.2, 0.25) is 0 Å². The number of aromatic hydroxyl groups is 9. The first-order valence-electron chi connectivity index (χ1n) is 7.00. The lowest BCUT2D eigenvalue weighted by Crippen LogP contribution is -1.84. The van der Waals surface area contributed by atoms with Crippen molar-refractivity contribution in [2.75, 3.05) is 0 Å². The third kappa shape index (κ3) is 1.55. The van der Waals surface area contributed by atoms with E-state index in [1.807, 2.05) is 0 Å². The zero-order valence-electron chi connectivity index (χ0n) is 12.5. The van der Waals surface area contributed by atoms with Crippen LogP contribution in [-0.2, 0) is 0 Å². The number of phenolic OH excluding ortho intramolecular Hbond substituents is 9. The zero-order chi connectivity index (χ0) is 19.1. The fourth-order valence-corrected chi connectivity index (χ4v) is 3.02. The smallest absolute Gasteiger partial charge is 0.205 e. The summed E-state index contributed by atoms with van der Waals surface area (Å²) in [5.41, 5.74) is -0.940. The van der Waals surface area contributed by atoms with E-state index in [9.17, 15) is 46.0 Å². The van der Waals surface area contributed by atoms with Crippen molar-refractivity contribution in [3.05, 3.63) is 6.07 Å². The quantitative estimate of drug-likeness (QED) is 0.165. The molecular formula is C16H10O10. The second-order valence-corrected chi connectivity index (χ2v) is 5.62. The van der Waals surface area contributed by atoms with E-state index < -0.39 is 84.5 Å². The molecule has 0 radical (unpaired) electrons. The number of furan rings is 1. The number of hydrogen-bond donors (Lipinski definition) is 9. The van der Waals surface area contributed by atoms with Crippen LogP contribution in [0.25, 0.3) is 32.7 Å². The Hall–Kier alpha value is -4.08. The summed E-state index contributed by atoms with van der Waals surface area (Å²) in [5, 5.41) is 87.8. The molecule has 1 heterocycles. The second kappa shape index (κ2) is 4.51. The third-order valence-electron chi connectivity index (χ3n) is 4.22. The van der Waals surface area contributed by atoms with Crippen molar-refractivity contribution in [2.45, 2.75) is 0 Å². The molecule has 0 spiro atoms. The van der Waals surface area contributed by atoms with E-state index in [1.165, 1.54) is 0 Å². The molecule has 0 saturated carbocycles. The van der Waals surface area contributed by atoms with Gasteiger partial charge in [0.1, 0.15) is 5.75 Å². The van der Waals surface area contributed by atoms with Crippen LogP contribution in [0.15, 0.2) is 10.5 Å². The van der Waals surface area contributed by atoms with E-state index >= 15 is 0 Å². The van der Waals surface area contributed by atoms with Crippen molar-refractivity contribution < 1.29 is 50.4 Å². The lowest BCUT2D eigenvalue weighted by atomic mass is 10.00. The molecule has 10 nitrogen and oxygen atoms in total. The molecule has 134 valence electrons. The molecule has 9 N–H and O–H groups in total. The molecule has 0 unspecified atom stereocenters. The van der Waals surface area contributed by atoms with Gasteiger partial charge in [0.15, 0.2) is 45.7 Å². The minimum Gasteiger partial charge on any atom is -0.506 e. The highest BCUT2D eigenvalue weighted by Gasteiger charge is 2.30. The number of fused-ring (bicyclic) bond motifs is 4. The van der Waals surface area contributed by atoms with Crippen LogP contribution in [0.4, 0.5) is 0 Å². The molecule has 0 amide bonds. The molecule has 0 saturated heterocycles. The lowest BCUT2D eigenvalue weighted by Gasteiger charge is -2.12. The van der Waals surface area contributed by atoms with E-state index in [1.54, 1.807) is 0 Å². The molecule has 4 rings (SSSR count). The largest absolute Gasteiger partial charge is 0.506 e. The molecule has 3 aromatic carbocycles. The summed E-state index contributed by atoms with van der Waals surface area (Å²) < 4.78 is 5.24. The van der Waals surface area contributed by atoms with Gasteiger partial charge in [0.2, 0.25) is 11.5 Å². The number of phenols is 9. The average molecular weight is 362 g/mol. The predicted molar refractivity (Wildman–Crippen MR) is 86.2 cm³/mol. The first-order valence-corrected chi connectivity index (χ1v) is 7.00. The summed E-state index contributed by atoms with van der Waals surface area (Å²) in [6, 6.07) is 0.764. The number of rotatable bonds is 0. The molecule has 1 aromatic heterocycles. The molecule has 0 atom stereocenters. The molecule has 0 fully saturated rings. The van der Waals surface area contributed by atoms with Gasteiger partial charge in [-0.2, -0.15) is 0 Å². The lowest BCUT2D eigenvalue weighted by molar-refractivity contribution is 0.349. The fraction of sp³-hybridized carbons (Fsp3) is 0. The van der Waals surface area contributed by atoms with Crippen molar-refractivity contribution in [1.29, 1.82) is 0 Å². The second-order valence-electron chi connectivity index (χ2n) is 5.62. The number of benzene rings is 3. The highest BCUT2D eigenvalue weighted by Crippen LogP contribution is 2.59. The van der Waals surface area contributed by atoms with E-state index in [0.717, 1.165) is 6.07 Å². The minimum atomic E-state index is -1.16. The van der Waals surface area contributed by atoms with Gasteiger partial charge >= 0.3 is 0 Å². The van der Waals surface area contributed by atoms with Gasteiger partial charge in [-0.25, -0.2) is 0 Å². The minimum absolute atomic E-state index is 0.390. The monoisotopic (exact) mass is 362 g/mol. The Balaban J connectivity index is 2.44. The molecule has 4 aromatic rings. The molecular weight excluding hydrogens is 352 g/mol. The van der Waals surface area contributed by atoms with Crippen LogP contribution < -0.4 is 0 Å². The predicted octanol–water partition coefficient (Wildman–Crippen LogP) is 2.09. The third-order valence-corrected chi connectivity index (χ3v) is 4.22. The highest BCUT2D eigenvalue weighted by atomic mass is 16.4. The standard InChI is InChI=1S/C16H10O10/c17-2-1-3(18)15-6(8(2)19)7-9(20)4-5(12(23)16(7)26-15)11(22)14(25)13(24)10(4)21/h1,17-25H. The Morgan fingerprint density at radius 1 is 0.423 bits per heavy atom. The normalized spacial score (nSPS) is 11.7. The summed E-state index contributed by atoms with van der Waals surface area (Å²) in [5.74, 6) is -8.34. The van der Waals surface area contributed by atoms with Crippen molar-refractivity contribution in [3.63, 3.8) is 0 Å². The Labute approximate surface area is 141 Å². The summed E-state index contributed by atoms with van der Waals surface area (Å²) >= 11 is 0. The van der Waals surface area contributed by atoms with E-state index in [0.29, 0.717) is 0 Å². The van der Waals surface area contributed by atoms with Gasteiger partial charge < -0.3 is 50.4 Å². The maximum atomic E-state index is 10.5. The van der Waals surface area contributed by atoms with Crippen LogP contribution in [0, 0.1) is 0 Å². The van der Waals surface area contributed by atoms with E-state index in [-0.39, 0.29) is 0 Å². The van der Waals surface area contributed by atoms with Crippen LogP contribution in [0.5, 0.6) is 51.7 Å². The maximum Gasteiger partial charge on any atom is 0.205 e. The Bertz CT molecular complexity index is 1270. The van der Waals surface area contributed by atoms with Crippen molar-refractivity contribution >= 4 is 32.7 Å². The van der Waals surface area contributed by atoms with Crippen LogP contribution >= 0.6 is 0 Å².